The molecule has 0 unspecified atom stereocenters. The van der Waals surface area contributed by atoms with Gasteiger partial charge in [0.1, 0.15) is 0 Å². The van der Waals surface area contributed by atoms with E-state index in [1.54, 1.807) is 4.68 Å². The molecule has 2 rings (SSSR count). The Kier molecular flexibility index (Phi) is 2.79. The lowest BCUT2D eigenvalue weighted by Crippen LogP contribution is -2.08. The van der Waals surface area contributed by atoms with E-state index >= 15 is 0 Å². The maximum atomic E-state index is 5.54. The summed E-state index contributed by atoms with van der Waals surface area (Å²) in [5.41, 5.74) is 7.58. The fourth-order valence-corrected chi connectivity index (χ4v) is 1.75. The molecule has 0 atom stereocenters. The summed E-state index contributed by atoms with van der Waals surface area (Å²) < 4.78 is 2.61. The van der Waals surface area contributed by atoms with E-state index in [1.165, 1.54) is 0 Å². The average molecular weight is 268 g/mol. The number of nitrogens with zero attached hydrogens (tertiary/aromatic N) is 4. The monoisotopic (exact) mass is 267 g/mol. The Morgan fingerprint density at radius 3 is 3.00 bits per heavy atom. The zero-order chi connectivity index (χ0) is 10.8. The van der Waals surface area contributed by atoms with Crippen molar-refractivity contribution in [1.82, 2.24) is 20.2 Å². The zero-order valence-electron chi connectivity index (χ0n) is 8.18. The van der Waals surface area contributed by atoms with Gasteiger partial charge in [-0.25, -0.2) is 0 Å². The first kappa shape index (κ1) is 10.3. The number of aryl methyl sites for hydroxylation is 1. The molecule has 1 aromatic carbocycles. The first-order chi connectivity index (χ1) is 7.24. The maximum absolute atomic E-state index is 5.54. The molecule has 0 fully saturated rings. The van der Waals surface area contributed by atoms with Gasteiger partial charge in [-0.2, -0.15) is 4.68 Å². The molecular weight excluding hydrogens is 258 g/mol. The summed E-state index contributed by atoms with van der Waals surface area (Å²) in [5.74, 6) is 0.640. The first-order valence-electron chi connectivity index (χ1n) is 4.47. The predicted molar refractivity (Wildman–Crippen MR) is 59.5 cm³/mol. The lowest BCUT2D eigenvalue weighted by atomic mass is 10.2. The molecule has 0 radical (unpaired) electrons. The van der Waals surface area contributed by atoms with Crippen LogP contribution in [0.3, 0.4) is 0 Å². The predicted octanol–water partition coefficient (Wildman–Crippen LogP) is 1.19. The van der Waals surface area contributed by atoms with Crippen molar-refractivity contribution in [1.29, 1.82) is 0 Å². The van der Waals surface area contributed by atoms with Crippen LogP contribution in [0.4, 0.5) is 0 Å². The van der Waals surface area contributed by atoms with Crippen molar-refractivity contribution in [3.8, 4) is 5.69 Å². The van der Waals surface area contributed by atoms with Crippen LogP contribution in [0.25, 0.3) is 5.69 Å². The summed E-state index contributed by atoms with van der Waals surface area (Å²) in [4.78, 5) is 0. The van der Waals surface area contributed by atoms with Gasteiger partial charge in [-0.15, -0.1) is 5.10 Å². The summed E-state index contributed by atoms with van der Waals surface area (Å²) in [6.07, 6.45) is 0. The minimum absolute atomic E-state index is 0.313. The summed E-state index contributed by atoms with van der Waals surface area (Å²) in [6.45, 7) is 2.33. The molecule has 0 amide bonds. The van der Waals surface area contributed by atoms with Crippen LogP contribution in [0.1, 0.15) is 11.4 Å². The molecule has 0 spiro atoms. The molecule has 5 nitrogen and oxygen atoms in total. The first-order valence-corrected chi connectivity index (χ1v) is 5.26. The minimum Gasteiger partial charge on any atom is -0.324 e. The van der Waals surface area contributed by atoms with E-state index in [0.717, 1.165) is 15.7 Å². The molecule has 2 N–H and O–H groups in total. The number of benzene rings is 1. The van der Waals surface area contributed by atoms with Crippen LogP contribution in [-0.2, 0) is 6.54 Å². The molecule has 6 heteroatoms. The van der Waals surface area contributed by atoms with Gasteiger partial charge >= 0.3 is 0 Å². The Bertz CT molecular complexity index is 479. The SMILES string of the molecule is Cc1cccc(-n2nnnc2CN)c1Br. The number of nitrogens with two attached hydrogens (primary N) is 1. The molecule has 2 aromatic rings. The van der Waals surface area contributed by atoms with Crippen molar-refractivity contribution in [2.75, 3.05) is 0 Å². The summed E-state index contributed by atoms with van der Waals surface area (Å²) >= 11 is 3.51. The highest BCUT2D eigenvalue weighted by molar-refractivity contribution is 9.10. The van der Waals surface area contributed by atoms with Crippen LogP contribution in [0.15, 0.2) is 22.7 Å². The normalized spacial score (nSPS) is 10.6. The molecule has 0 saturated carbocycles. The third-order valence-corrected chi connectivity index (χ3v) is 3.15. The third-order valence-electron chi connectivity index (χ3n) is 2.12. The Morgan fingerprint density at radius 1 is 1.47 bits per heavy atom. The molecule has 78 valence electrons. The van der Waals surface area contributed by atoms with Gasteiger partial charge < -0.3 is 5.73 Å². The smallest absolute Gasteiger partial charge is 0.170 e. The van der Waals surface area contributed by atoms with Crippen LogP contribution in [0, 0.1) is 6.92 Å². The fourth-order valence-electron chi connectivity index (χ4n) is 1.32. The molecule has 0 aliphatic heterocycles. The lowest BCUT2D eigenvalue weighted by molar-refractivity contribution is 0.758. The van der Waals surface area contributed by atoms with Gasteiger partial charge in [0.05, 0.1) is 12.2 Å². The molecular formula is C9H10BrN5. The highest BCUT2D eigenvalue weighted by atomic mass is 79.9. The van der Waals surface area contributed by atoms with E-state index in [4.69, 9.17) is 5.73 Å². The molecule has 0 aliphatic rings. The maximum Gasteiger partial charge on any atom is 0.170 e. The van der Waals surface area contributed by atoms with Crippen LogP contribution in [-0.4, -0.2) is 20.2 Å². The van der Waals surface area contributed by atoms with E-state index < -0.39 is 0 Å². The van der Waals surface area contributed by atoms with E-state index in [2.05, 4.69) is 31.5 Å². The topological polar surface area (TPSA) is 69.6 Å². The lowest BCUT2D eigenvalue weighted by Gasteiger charge is -2.07. The molecule has 1 heterocycles. The minimum atomic E-state index is 0.313. The number of tetrazole rings is 1. The van der Waals surface area contributed by atoms with Gasteiger partial charge in [-0.3, -0.25) is 0 Å². The van der Waals surface area contributed by atoms with Crippen molar-refractivity contribution in [2.45, 2.75) is 13.5 Å². The highest BCUT2D eigenvalue weighted by Gasteiger charge is 2.10. The van der Waals surface area contributed by atoms with Gasteiger partial charge in [0.15, 0.2) is 5.82 Å². The van der Waals surface area contributed by atoms with Gasteiger partial charge in [0.25, 0.3) is 0 Å². The zero-order valence-corrected chi connectivity index (χ0v) is 9.77. The van der Waals surface area contributed by atoms with Crippen molar-refractivity contribution >= 4 is 15.9 Å². The van der Waals surface area contributed by atoms with Crippen molar-refractivity contribution in [2.24, 2.45) is 5.73 Å². The second kappa shape index (κ2) is 4.08. The van der Waals surface area contributed by atoms with E-state index in [0.29, 0.717) is 12.4 Å². The van der Waals surface area contributed by atoms with Crippen LogP contribution in [0.2, 0.25) is 0 Å². The van der Waals surface area contributed by atoms with Crippen LogP contribution >= 0.6 is 15.9 Å². The Hall–Kier alpha value is -1.27. The summed E-state index contributed by atoms with van der Waals surface area (Å²) in [6, 6.07) is 5.91. The Balaban J connectivity index is 2.59. The quantitative estimate of drug-likeness (QED) is 0.888. The van der Waals surface area contributed by atoms with Crippen molar-refractivity contribution in [3.05, 3.63) is 34.1 Å². The summed E-state index contributed by atoms with van der Waals surface area (Å²) in [5, 5.41) is 11.3. The average Bonchev–Trinajstić information content (AvgIpc) is 2.70. The van der Waals surface area contributed by atoms with Gasteiger partial charge in [-0.1, -0.05) is 12.1 Å². The Labute approximate surface area is 95.4 Å². The second-order valence-electron chi connectivity index (χ2n) is 3.12. The van der Waals surface area contributed by atoms with Gasteiger partial charge in [0.2, 0.25) is 0 Å². The highest BCUT2D eigenvalue weighted by Crippen LogP contribution is 2.24. The third kappa shape index (κ3) is 1.78. The molecule has 1 aromatic heterocycles. The van der Waals surface area contributed by atoms with E-state index in [-0.39, 0.29) is 0 Å². The van der Waals surface area contributed by atoms with Crippen LogP contribution < -0.4 is 5.73 Å². The van der Waals surface area contributed by atoms with Crippen molar-refractivity contribution < 1.29 is 0 Å². The molecule has 15 heavy (non-hydrogen) atoms. The molecule has 0 aliphatic carbocycles. The molecule has 0 saturated heterocycles. The number of aromatic nitrogens is 4. The Morgan fingerprint density at radius 2 is 2.27 bits per heavy atom. The van der Waals surface area contributed by atoms with E-state index in [1.807, 2.05) is 25.1 Å². The largest absolute Gasteiger partial charge is 0.324 e. The summed E-state index contributed by atoms with van der Waals surface area (Å²) in [7, 11) is 0. The van der Waals surface area contributed by atoms with Crippen molar-refractivity contribution in [3.63, 3.8) is 0 Å². The fraction of sp³-hybridized carbons (Fsp3) is 0.222. The second-order valence-corrected chi connectivity index (χ2v) is 3.91. The van der Waals surface area contributed by atoms with Crippen LogP contribution in [0.5, 0.6) is 0 Å². The molecule has 0 bridgehead atoms. The number of hydrogen-bond donors (Lipinski definition) is 1. The van der Waals surface area contributed by atoms with Gasteiger partial charge in [0, 0.05) is 4.47 Å². The number of halogens is 1. The number of hydrogen-bond acceptors (Lipinski definition) is 4. The van der Waals surface area contributed by atoms with E-state index in [9.17, 15) is 0 Å². The van der Waals surface area contributed by atoms with Gasteiger partial charge in [-0.05, 0) is 44.9 Å². The standard InChI is InChI=1S/C9H10BrN5/c1-6-3-2-4-7(9(6)10)15-8(5-11)12-13-14-15/h2-4H,5,11H2,1H3. The number of rotatable bonds is 2.